The van der Waals surface area contributed by atoms with Crippen molar-refractivity contribution in [3.63, 3.8) is 0 Å². The van der Waals surface area contributed by atoms with Crippen molar-refractivity contribution in [2.75, 3.05) is 45.7 Å². The number of amides is 1. The number of nitrogens with one attached hydrogen (secondary N) is 2. The quantitative estimate of drug-likeness (QED) is 0.255. The van der Waals surface area contributed by atoms with Gasteiger partial charge in [-0.25, -0.2) is 4.99 Å². The van der Waals surface area contributed by atoms with Crippen LogP contribution in [0.15, 0.2) is 35.3 Å². The highest BCUT2D eigenvalue weighted by molar-refractivity contribution is 14.0. The van der Waals surface area contributed by atoms with Crippen LogP contribution in [0.4, 0.5) is 0 Å². The molecule has 2 N–H and O–H groups in total. The van der Waals surface area contributed by atoms with Gasteiger partial charge in [0, 0.05) is 32.9 Å². The summed E-state index contributed by atoms with van der Waals surface area (Å²) in [7, 11) is 3.48. The average molecular weight is 464 g/mol. The number of hydrogen-bond donors (Lipinski definition) is 2. The van der Waals surface area contributed by atoms with Crippen LogP contribution >= 0.6 is 35.7 Å². The van der Waals surface area contributed by atoms with Gasteiger partial charge < -0.3 is 15.5 Å². The Morgan fingerprint density at radius 1 is 1.17 bits per heavy atom. The number of guanidine groups is 1. The molecule has 1 aromatic carbocycles. The van der Waals surface area contributed by atoms with Crippen molar-refractivity contribution in [3.05, 3.63) is 35.9 Å². The number of halogens is 1. The van der Waals surface area contributed by atoms with E-state index in [1.54, 1.807) is 30.8 Å². The fourth-order valence-corrected chi connectivity index (χ4v) is 2.18. The third-order valence-corrected chi connectivity index (χ3v) is 3.86. The molecule has 0 aromatic heterocycles. The molecule has 0 aliphatic heterocycles. The zero-order chi connectivity index (χ0) is 16.9. The molecule has 24 heavy (non-hydrogen) atoms. The highest BCUT2D eigenvalue weighted by Gasteiger charge is 2.04. The summed E-state index contributed by atoms with van der Waals surface area (Å²) in [5, 5.41) is 6.56. The van der Waals surface area contributed by atoms with Crippen molar-refractivity contribution in [1.82, 2.24) is 15.5 Å². The summed E-state index contributed by atoms with van der Waals surface area (Å²) in [6.45, 7) is 1.83. The second-order valence-corrected chi connectivity index (χ2v) is 6.37. The van der Waals surface area contributed by atoms with Crippen LogP contribution in [-0.2, 0) is 11.2 Å². The zero-order valence-corrected chi connectivity index (χ0v) is 17.9. The minimum absolute atomic E-state index is 0. The molecule has 0 atom stereocenters. The average Bonchev–Trinajstić information content (AvgIpc) is 2.56. The number of aliphatic imine (C=N–C) groups is 1. The molecule has 0 fully saturated rings. The van der Waals surface area contributed by atoms with Crippen LogP contribution in [0.2, 0.25) is 0 Å². The first-order valence-electron chi connectivity index (χ1n) is 7.88. The molecule has 1 amide bonds. The van der Waals surface area contributed by atoms with Crippen molar-refractivity contribution in [2.45, 2.75) is 12.8 Å². The summed E-state index contributed by atoms with van der Waals surface area (Å²) in [5.41, 5.74) is 1.34. The van der Waals surface area contributed by atoms with E-state index in [-0.39, 0.29) is 36.4 Å². The molecule has 0 aliphatic rings. The van der Waals surface area contributed by atoms with E-state index in [1.165, 1.54) is 5.56 Å². The molecule has 0 heterocycles. The zero-order valence-electron chi connectivity index (χ0n) is 14.7. The Morgan fingerprint density at radius 2 is 1.83 bits per heavy atom. The first-order chi connectivity index (χ1) is 11.1. The number of carbonyl (C=O) groups is 1. The normalized spacial score (nSPS) is 10.7. The number of likely N-dealkylation sites (N-methyl/N-ethyl adjacent to an activating group) is 1. The van der Waals surface area contributed by atoms with Crippen LogP contribution in [0.3, 0.4) is 0 Å². The topological polar surface area (TPSA) is 56.7 Å². The van der Waals surface area contributed by atoms with Crippen LogP contribution < -0.4 is 10.6 Å². The molecule has 1 aromatic rings. The van der Waals surface area contributed by atoms with Crippen molar-refractivity contribution in [3.8, 4) is 0 Å². The van der Waals surface area contributed by atoms with Gasteiger partial charge in [0.1, 0.15) is 6.54 Å². The highest BCUT2D eigenvalue weighted by atomic mass is 127. The van der Waals surface area contributed by atoms with Gasteiger partial charge in [0.2, 0.25) is 5.91 Å². The maximum Gasteiger partial charge on any atom is 0.243 e. The lowest BCUT2D eigenvalue weighted by molar-refractivity contribution is -0.127. The van der Waals surface area contributed by atoms with Crippen molar-refractivity contribution in [2.24, 2.45) is 4.99 Å². The van der Waals surface area contributed by atoms with E-state index in [2.05, 4.69) is 46.1 Å². The fourth-order valence-electron chi connectivity index (χ4n) is 1.88. The lowest BCUT2D eigenvalue weighted by Gasteiger charge is -2.13. The highest BCUT2D eigenvalue weighted by Crippen LogP contribution is 2.01. The number of hydrogen-bond acceptors (Lipinski definition) is 3. The lowest BCUT2D eigenvalue weighted by atomic mass is 10.1. The minimum Gasteiger partial charge on any atom is -0.356 e. The number of benzene rings is 1. The van der Waals surface area contributed by atoms with Crippen molar-refractivity contribution in [1.29, 1.82) is 0 Å². The minimum atomic E-state index is 0. The molecule has 0 spiro atoms. The Kier molecular flexibility index (Phi) is 13.8. The van der Waals surface area contributed by atoms with E-state index in [9.17, 15) is 4.79 Å². The van der Waals surface area contributed by atoms with Gasteiger partial charge in [-0.2, -0.15) is 11.8 Å². The first kappa shape index (κ1) is 23.0. The van der Waals surface area contributed by atoms with Gasteiger partial charge in [0.25, 0.3) is 0 Å². The summed E-state index contributed by atoms with van der Waals surface area (Å²) in [4.78, 5) is 17.6. The van der Waals surface area contributed by atoms with E-state index >= 15 is 0 Å². The third-order valence-electron chi connectivity index (χ3n) is 3.25. The molecule has 0 saturated heterocycles. The maximum absolute atomic E-state index is 11.7. The molecule has 0 radical (unpaired) electrons. The third kappa shape index (κ3) is 10.7. The predicted octanol–water partition coefficient (Wildman–Crippen LogP) is 2.22. The Bertz CT molecular complexity index is 483. The summed E-state index contributed by atoms with van der Waals surface area (Å²) in [6, 6.07) is 10.4. The molecule has 5 nitrogen and oxygen atoms in total. The summed E-state index contributed by atoms with van der Waals surface area (Å²) in [5.74, 6) is 1.72. The summed E-state index contributed by atoms with van der Waals surface area (Å²) >= 11 is 1.78. The smallest absolute Gasteiger partial charge is 0.243 e. The Hall–Kier alpha value is -0.960. The van der Waals surface area contributed by atoms with Crippen LogP contribution in [0, 0.1) is 0 Å². The fraction of sp³-hybridized carbons (Fsp3) is 0.529. The second kappa shape index (κ2) is 14.4. The maximum atomic E-state index is 11.7. The SMILES string of the molecule is CSCCNC(=NCC(=O)N(C)C)NCCCc1ccccc1.I. The van der Waals surface area contributed by atoms with Gasteiger partial charge in [-0.1, -0.05) is 30.3 Å². The molecular weight excluding hydrogens is 435 g/mol. The van der Waals surface area contributed by atoms with Gasteiger partial charge in [0.05, 0.1) is 0 Å². The van der Waals surface area contributed by atoms with Gasteiger partial charge in [-0.15, -0.1) is 24.0 Å². The monoisotopic (exact) mass is 464 g/mol. The Balaban J connectivity index is 0.00000529. The van der Waals surface area contributed by atoms with Gasteiger partial charge in [0.15, 0.2) is 5.96 Å². The standard InChI is InChI=1S/C17H28N4OS.HI/c1-21(2)16(22)14-20-17(19-12-13-23-3)18-11-7-10-15-8-5-4-6-9-15;/h4-6,8-9H,7,10-14H2,1-3H3,(H2,18,19,20);1H. The lowest BCUT2D eigenvalue weighted by Crippen LogP contribution is -2.40. The van der Waals surface area contributed by atoms with Crippen LogP contribution in [0.1, 0.15) is 12.0 Å². The van der Waals surface area contributed by atoms with E-state index < -0.39 is 0 Å². The molecule has 7 heteroatoms. The van der Waals surface area contributed by atoms with Crippen LogP contribution in [0.25, 0.3) is 0 Å². The van der Waals surface area contributed by atoms with E-state index in [4.69, 9.17) is 0 Å². The van der Waals surface area contributed by atoms with E-state index in [0.717, 1.165) is 31.7 Å². The van der Waals surface area contributed by atoms with Crippen molar-refractivity contribution >= 4 is 47.6 Å². The number of carbonyl (C=O) groups excluding carboxylic acids is 1. The van der Waals surface area contributed by atoms with Crippen molar-refractivity contribution < 1.29 is 4.79 Å². The van der Waals surface area contributed by atoms with Gasteiger partial charge in [-0.05, 0) is 24.7 Å². The molecule has 1 rings (SSSR count). The van der Waals surface area contributed by atoms with Crippen LogP contribution in [-0.4, -0.2) is 62.5 Å². The summed E-state index contributed by atoms with van der Waals surface area (Å²) in [6.07, 6.45) is 4.12. The number of aryl methyl sites for hydroxylation is 1. The molecule has 0 saturated carbocycles. The number of rotatable bonds is 9. The molecule has 0 aliphatic carbocycles. The Morgan fingerprint density at radius 3 is 2.46 bits per heavy atom. The number of thioether (sulfide) groups is 1. The van der Waals surface area contributed by atoms with Crippen LogP contribution in [0.5, 0.6) is 0 Å². The molecule has 0 bridgehead atoms. The largest absolute Gasteiger partial charge is 0.356 e. The van der Waals surface area contributed by atoms with Gasteiger partial charge in [-0.3, -0.25) is 4.79 Å². The Labute approximate surface area is 167 Å². The number of nitrogens with zero attached hydrogens (tertiary/aromatic N) is 2. The second-order valence-electron chi connectivity index (χ2n) is 5.39. The van der Waals surface area contributed by atoms with E-state index in [1.807, 2.05) is 6.07 Å². The van der Waals surface area contributed by atoms with E-state index in [0.29, 0.717) is 5.96 Å². The van der Waals surface area contributed by atoms with Gasteiger partial charge >= 0.3 is 0 Å². The summed E-state index contributed by atoms with van der Waals surface area (Å²) < 4.78 is 0. The molecule has 0 unspecified atom stereocenters. The predicted molar refractivity (Wildman–Crippen MR) is 116 cm³/mol. The molecular formula is C17H29IN4OS. The first-order valence-corrected chi connectivity index (χ1v) is 9.28. The molecule has 136 valence electrons.